The van der Waals surface area contributed by atoms with Crippen LogP contribution in [0, 0.1) is 0 Å². The summed E-state index contributed by atoms with van der Waals surface area (Å²) in [6, 6.07) is 5.72. The first-order valence-corrected chi connectivity index (χ1v) is 8.68. The maximum Gasteiger partial charge on any atom is 0.490 e. The molecule has 0 spiro atoms. The monoisotopic (exact) mass is 337 g/mol. The molecule has 0 aromatic carbocycles. The summed E-state index contributed by atoms with van der Waals surface area (Å²) in [7, 11) is -16.2. The zero-order valence-corrected chi connectivity index (χ0v) is 11.6. The molecule has 0 unspecified atom stereocenters. The van der Waals surface area contributed by atoms with Crippen LogP contribution < -0.4 is 0 Å². The molecule has 5 N–H and O–H groups in total. The van der Waals surface area contributed by atoms with Crippen LogP contribution in [-0.4, -0.2) is 29.5 Å². The summed E-state index contributed by atoms with van der Waals surface area (Å²) < 4.78 is 36.4. The van der Waals surface area contributed by atoms with Gasteiger partial charge in [-0.1, -0.05) is 6.07 Å². The fraction of sp³-hybridized carbons (Fsp3) is 0. The summed E-state index contributed by atoms with van der Waals surface area (Å²) in [5.41, 5.74) is 0. The predicted molar refractivity (Wildman–Crippen MR) is 60.3 cm³/mol. The van der Waals surface area contributed by atoms with Crippen LogP contribution in [0.15, 0.2) is 30.6 Å². The van der Waals surface area contributed by atoms with Crippen molar-refractivity contribution in [2.75, 3.05) is 0 Å². The molecule has 0 aliphatic rings. The molecule has 0 aliphatic heterocycles. The second-order valence-electron chi connectivity index (χ2n) is 2.64. The zero-order chi connectivity index (χ0) is 15.2. The summed E-state index contributed by atoms with van der Waals surface area (Å²) in [5.74, 6) is 0. The molecule has 0 saturated carbocycles. The molecular weight excluding hydrogens is 327 g/mol. The molecule has 1 heterocycles. The molecule has 0 amide bonds. The van der Waals surface area contributed by atoms with Crippen molar-refractivity contribution in [2.45, 2.75) is 0 Å². The van der Waals surface area contributed by atoms with E-state index in [1.54, 1.807) is 12.4 Å². The number of phosphoric acid groups is 3. The first kappa shape index (κ1) is 18.6. The van der Waals surface area contributed by atoms with Crippen LogP contribution in [0.5, 0.6) is 0 Å². The third kappa shape index (κ3) is 13.8. The van der Waals surface area contributed by atoms with Crippen molar-refractivity contribution in [3.8, 4) is 0 Å². The molecule has 0 radical (unpaired) electrons. The molecule has 14 heteroatoms. The van der Waals surface area contributed by atoms with E-state index in [2.05, 4.69) is 13.6 Å². The Hall–Kier alpha value is -0.440. The van der Waals surface area contributed by atoms with Crippen molar-refractivity contribution in [2.24, 2.45) is 0 Å². The van der Waals surface area contributed by atoms with E-state index in [0.29, 0.717) is 0 Å². The number of hydrogen-bond donors (Lipinski definition) is 5. The number of hydrogen-bond acceptors (Lipinski definition) is 6. The average Bonchev–Trinajstić information content (AvgIpc) is 2.13. The highest BCUT2D eigenvalue weighted by Gasteiger charge is 2.38. The highest BCUT2D eigenvalue weighted by molar-refractivity contribution is 7.66. The lowest BCUT2D eigenvalue weighted by molar-refractivity contribution is 0.204. The number of rotatable bonds is 4. The highest BCUT2D eigenvalue weighted by atomic mass is 31.3. The summed E-state index contributed by atoms with van der Waals surface area (Å²) >= 11 is 0. The Kier molecular flexibility index (Phi) is 7.20. The standard InChI is InChI=1S/C5H5N.H5O10P3/c1-2-4-6-5-3-1;1-11(2,3)9-13(7,8)10-12(4,5)6/h1-5H;(H,7,8)(H2,1,2,3)(H2,4,5,6). The van der Waals surface area contributed by atoms with Crippen molar-refractivity contribution in [1.29, 1.82) is 0 Å². The second-order valence-corrected chi connectivity index (χ2v) is 6.84. The highest BCUT2D eigenvalue weighted by Crippen LogP contribution is 2.64. The van der Waals surface area contributed by atoms with E-state index in [9.17, 15) is 13.7 Å². The minimum atomic E-state index is -5.46. The van der Waals surface area contributed by atoms with E-state index in [1.165, 1.54) is 0 Å². The van der Waals surface area contributed by atoms with Gasteiger partial charge in [-0.3, -0.25) is 4.98 Å². The summed E-state index contributed by atoms with van der Waals surface area (Å²) in [6.45, 7) is 0. The Bertz CT molecular complexity index is 452. The molecular formula is C5H10NO10P3. The molecule has 1 aromatic rings. The maximum atomic E-state index is 10.4. The van der Waals surface area contributed by atoms with Gasteiger partial charge in [-0.2, -0.15) is 8.62 Å². The molecule has 110 valence electrons. The van der Waals surface area contributed by atoms with E-state index < -0.39 is 23.5 Å². The smallest absolute Gasteiger partial charge is 0.302 e. The lowest BCUT2D eigenvalue weighted by atomic mass is 10.5. The van der Waals surface area contributed by atoms with E-state index in [0.717, 1.165) is 0 Å². The van der Waals surface area contributed by atoms with E-state index >= 15 is 0 Å². The van der Waals surface area contributed by atoms with E-state index in [1.807, 2.05) is 18.2 Å². The van der Waals surface area contributed by atoms with Gasteiger partial charge in [0.05, 0.1) is 0 Å². The SMILES string of the molecule is O=P(O)(O)OP(=O)(O)OP(=O)(O)O.c1ccncc1. The van der Waals surface area contributed by atoms with Gasteiger partial charge in [0.1, 0.15) is 0 Å². The van der Waals surface area contributed by atoms with Crippen molar-refractivity contribution in [3.63, 3.8) is 0 Å². The van der Waals surface area contributed by atoms with Crippen LogP contribution in [0.25, 0.3) is 0 Å². The van der Waals surface area contributed by atoms with Gasteiger partial charge < -0.3 is 24.5 Å². The third-order valence-electron chi connectivity index (χ3n) is 0.986. The van der Waals surface area contributed by atoms with Crippen LogP contribution in [0.1, 0.15) is 0 Å². The molecule has 19 heavy (non-hydrogen) atoms. The molecule has 1 rings (SSSR count). The lowest BCUT2D eigenvalue weighted by Crippen LogP contribution is -1.91. The topological polar surface area (TPSA) is 184 Å². The van der Waals surface area contributed by atoms with Gasteiger partial charge in [0.15, 0.2) is 0 Å². The van der Waals surface area contributed by atoms with E-state index in [4.69, 9.17) is 24.5 Å². The van der Waals surface area contributed by atoms with Crippen LogP contribution in [0.3, 0.4) is 0 Å². The second kappa shape index (κ2) is 7.37. The fourth-order valence-electron chi connectivity index (χ4n) is 0.596. The quantitative estimate of drug-likeness (QED) is 0.479. The molecule has 0 bridgehead atoms. The van der Waals surface area contributed by atoms with E-state index in [-0.39, 0.29) is 0 Å². The van der Waals surface area contributed by atoms with Gasteiger partial charge in [-0.15, -0.1) is 0 Å². The van der Waals surface area contributed by atoms with Crippen LogP contribution in [0.2, 0.25) is 0 Å². The molecule has 0 saturated heterocycles. The summed E-state index contributed by atoms with van der Waals surface area (Å²) in [5, 5.41) is 0. The van der Waals surface area contributed by atoms with Crippen molar-refractivity contribution in [1.82, 2.24) is 4.98 Å². The Balaban J connectivity index is 0.000000443. The average molecular weight is 337 g/mol. The first-order chi connectivity index (χ1) is 8.41. The summed E-state index contributed by atoms with van der Waals surface area (Å²) in [6.07, 6.45) is 3.50. The maximum absolute atomic E-state index is 10.4. The van der Waals surface area contributed by atoms with Gasteiger partial charge in [0, 0.05) is 12.4 Å². The number of pyridine rings is 1. The molecule has 0 fully saturated rings. The minimum absolute atomic E-state index is 1.75. The Morgan fingerprint density at radius 3 is 1.26 bits per heavy atom. The Morgan fingerprint density at radius 2 is 1.11 bits per heavy atom. The molecule has 0 atom stereocenters. The van der Waals surface area contributed by atoms with Gasteiger partial charge in [0.25, 0.3) is 0 Å². The number of nitrogens with zero attached hydrogens (tertiary/aromatic N) is 1. The van der Waals surface area contributed by atoms with Gasteiger partial charge in [-0.05, 0) is 12.1 Å². The normalized spacial score (nSPS) is 12.5. The third-order valence-corrected chi connectivity index (χ3v) is 4.34. The molecule has 11 nitrogen and oxygen atoms in total. The molecule has 0 aliphatic carbocycles. The number of aromatic nitrogens is 1. The predicted octanol–water partition coefficient (Wildman–Crippen LogP) is 0.387. The minimum Gasteiger partial charge on any atom is -0.302 e. The summed E-state index contributed by atoms with van der Waals surface area (Å²) in [4.78, 5) is 44.0. The van der Waals surface area contributed by atoms with Gasteiger partial charge in [0.2, 0.25) is 0 Å². The first-order valence-electron chi connectivity index (χ1n) is 4.13. The van der Waals surface area contributed by atoms with Gasteiger partial charge >= 0.3 is 23.5 Å². The zero-order valence-electron chi connectivity index (χ0n) is 8.95. The van der Waals surface area contributed by atoms with Crippen molar-refractivity contribution >= 4 is 23.5 Å². The van der Waals surface area contributed by atoms with Crippen LogP contribution in [0.4, 0.5) is 0 Å². The van der Waals surface area contributed by atoms with Crippen molar-refractivity contribution in [3.05, 3.63) is 30.6 Å². The van der Waals surface area contributed by atoms with Crippen LogP contribution >= 0.6 is 23.5 Å². The Morgan fingerprint density at radius 1 is 0.737 bits per heavy atom. The van der Waals surface area contributed by atoms with Gasteiger partial charge in [-0.25, -0.2) is 13.7 Å². The largest absolute Gasteiger partial charge is 0.490 e. The molecule has 1 aromatic heterocycles. The van der Waals surface area contributed by atoms with Crippen LogP contribution in [-0.2, 0) is 22.3 Å². The lowest BCUT2D eigenvalue weighted by Gasteiger charge is -2.11. The Labute approximate surface area is 107 Å². The fourth-order valence-corrected chi connectivity index (χ4v) is 3.13. The van der Waals surface area contributed by atoms with Crippen molar-refractivity contribution < 1.29 is 46.8 Å².